The summed E-state index contributed by atoms with van der Waals surface area (Å²) in [7, 11) is 0. The minimum atomic E-state index is -1.37. The van der Waals surface area contributed by atoms with E-state index in [0.29, 0.717) is 23.6 Å². The van der Waals surface area contributed by atoms with Crippen LogP contribution in [0.15, 0.2) is 24.3 Å². The third-order valence-corrected chi connectivity index (χ3v) is 6.17. The maximum absolute atomic E-state index is 13.0. The van der Waals surface area contributed by atoms with E-state index >= 15 is 0 Å². The molecule has 2 unspecified atom stereocenters. The van der Waals surface area contributed by atoms with E-state index < -0.39 is 34.1 Å². The van der Waals surface area contributed by atoms with Crippen LogP contribution in [0.1, 0.15) is 33.6 Å². The van der Waals surface area contributed by atoms with Crippen molar-refractivity contribution in [1.82, 2.24) is 0 Å². The van der Waals surface area contributed by atoms with Crippen LogP contribution in [0.4, 0.5) is 5.69 Å². The molecule has 6 heteroatoms. The lowest BCUT2D eigenvalue weighted by Gasteiger charge is -2.48. The van der Waals surface area contributed by atoms with Gasteiger partial charge >= 0.3 is 11.9 Å². The Morgan fingerprint density at radius 1 is 1.09 bits per heavy atom. The monoisotopic (exact) mass is 335 g/mol. The Hall–Kier alpha value is -1.88. The highest BCUT2D eigenvalue weighted by Gasteiger charge is 2.75. The Morgan fingerprint density at radius 2 is 1.70 bits per heavy atom. The third kappa shape index (κ3) is 1.89. The number of carbonyl (C=O) groups excluding carboxylic acids is 3. The average molecular weight is 336 g/mol. The van der Waals surface area contributed by atoms with E-state index in [0.717, 1.165) is 0 Å². The number of hydrogen-bond donors (Lipinski definition) is 1. The van der Waals surface area contributed by atoms with Gasteiger partial charge in [-0.05, 0) is 44.0 Å². The number of amides is 1. The second-order valence-electron chi connectivity index (χ2n) is 7.00. The fourth-order valence-electron chi connectivity index (χ4n) is 3.79. The van der Waals surface area contributed by atoms with Crippen molar-refractivity contribution in [2.45, 2.75) is 33.6 Å². The van der Waals surface area contributed by atoms with E-state index in [1.54, 1.807) is 45.0 Å². The lowest BCUT2D eigenvalue weighted by Crippen LogP contribution is -2.60. The first-order valence-corrected chi connectivity index (χ1v) is 7.87. The molecule has 1 heterocycles. The predicted molar refractivity (Wildman–Crippen MR) is 84.7 cm³/mol. The van der Waals surface area contributed by atoms with Crippen molar-refractivity contribution in [2.75, 3.05) is 5.32 Å². The molecule has 1 saturated heterocycles. The molecule has 3 rings (SSSR count). The van der Waals surface area contributed by atoms with Crippen LogP contribution in [0.5, 0.6) is 0 Å². The van der Waals surface area contributed by atoms with Crippen LogP contribution in [0.3, 0.4) is 0 Å². The number of benzene rings is 1. The minimum absolute atomic E-state index is 0.292. The fourth-order valence-corrected chi connectivity index (χ4v) is 3.92. The maximum Gasteiger partial charge on any atom is 0.329 e. The van der Waals surface area contributed by atoms with Crippen molar-refractivity contribution in [3.63, 3.8) is 0 Å². The summed E-state index contributed by atoms with van der Waals surface area (Å²) in [5.41, 5.74) is -2.50. The van der Waals surface area contributed by atoms with Crippen LogP contribution < -0.4 is 5.32 Å². The number of ether oxygens (including phenoxy) is 1. The van der Waals surface area contributed by atoms with Gasteiger partial charge in [-0.3, -0.25) is 14.4 Å². The lowest BCUT2D eigenvalue weighted by molar-refractivity contribution is -0.195. The summed E-state index contributed by atoms with van der Waals surface area (Å²) in [5, 5.41) is 3.32. The van der Waals surface area contributed by atoms with Crippen molar-refractivity contribution in [1.29, 1.82) is 0 Å². The highest BCUT2D eigenvalue weighted by molar-refractivity contribution is 6.30. The predicted octanol–water partition coefficient (Wildman–Crippen LogP) is 3.17. The number of cyclic esters (lactones) is 2. The van der Waals surface area contributed by atoms with Gasteiger partial charge in [0.05, 0.1) is 5.41 Å². The van der Waals surface area contributed by atoms with Crippen molar-refractivity contribution in [3.8, 4) is 0 Å². The third-order valence-electron chi connectivity index (χ3n) is 5.92. The average Bonchev–Trinajstić information content (AvgIpc) is 2.63. The molecule has 2 fully saturated rings. The van der Waals surface area contributed by atoms with Crippen molar-refractivity contribution >= 4 is 35.1 Å². The summed E-state index contributed by atoms with van der Waals surface area (Å²) in [4.78, 5) is 37.6. The van der Waals surface area contributed by atoms with Crippen LogP contribution >= 0.6 is 11.6 Å². The molecule has 2 atom stereocenters. The molecule has 1 aromatic rings. The van der Waals surface area contributed by atoms with Crippen molar-refractivity contribution < 1.29 is 19.1 Å². The lowest BCUT2D eigenvalue weighted by atomic mass is 9.57. The number of fused-ring (bicyclic) bond motifs is 2. The number of carbonyl (C=O) groups is 3. The zero-order chi connectivity index (χ0) is 17.0. The largest absolute Gasteiger partial charge is 0.392 e. The molecule has 2 aliphatic rings. The molecule has 1 aliphatic heterocycles. The highest BCUT2D eigenvalue weighted by Crippen LogP contribution is 2.66. The number of anilines is 1. The Balaban J connectivity index is 1.99. The van der Waals surface area contributed by atoms with Gasteiger partial charge < -0.3 is 10.1 Å². The van der Waals surface area contributed by atoms with E-state index in [4.69, 9.17) is 16.3 Å². The first kappa shape index (κ1) is 16.0. The van der Waals surface area contributed by atoms with Crippen LogP contribution in [0.25, 0.3) is 0 Å². The Labute approximate surface area is 139 Å². The molecule has 2 bridgehead atoms. The summed E-state index contributed by atoms with van der Waals surface area (Å²) in [6.45, 7) is 5.35. The molecule has 1 N–H and O–H groups in total. The summed E-state index contributed by atoms with van der Waals surface area (Å²) in [5.74, 6) is -1.74. The second-order valence-corrected chi connectivity index (χ2v) is 7.44. The zero-order valence-electron chi connectivity index (χ0n) is 13.2. The molecular weight excluding hydrogens is 318 g/mol. The van der Waals surface area contributed by atoms with Crippen molar-refractivity contribution in [3.05, 3.63) is 29.3 Å². The van der Waals surface area contributed by atoms with Crippen molar-refractivity contribution in [2.24, 2.45) is 16.2 Å². The van der Waals surface area contributed by atoms with Crippen LogP contribution in [0.2, 0.25) is 5.02 Å². The summed E-state index contributed by atoms with van der Waals surface area (Å²) < 4.78 is 4.93. The Bertz CT molecular complexity index is 712. The summed E-state index contributed by atoms with van der Waals surface area (Å²) in [6.07, 6.45) is 0.735. The van der Waals surface area contributed by atoms with Gasteiger partial charge in [0.15, 0.2) is 5.41 Å². The molecule has 23 heavy (non-hydrogen) atoms. The topological polar surface area (TPSA) is 72.5 Å². The normalized spacial score (nSPS) is 31.7. The molecule has 5 nitrogen and oxygen atoms in total. The van der Waals surface area contributed by atoms with Gasteiger partial charge in [-0.1, -0.05) is 25.4 Å². The summed E-state index contributed by atoms with van der Waals surface area (Å²) >= 11 is 5.84. The molecule has 122 valence electrons. The zero-order valence-corrected chi connectivity index (χ0v) is 14.0. The molecule has 0 aromatic heterocycles. The fraction of sp³-hybridized carbons (Fsp3) is 0.471. The van der Waals surface area contributed by atoms with Gasteiger partial charge in [0.25, 0.3) is 0 Å². The molecule has 0 radical (unpaired) electrons. The second kappa shape index (κ2) is 4.81. The van der Waals surface area contributed by atoms with E-state index in [1.807, 2.05) is 0 Å². The van der Waals surface area contributed by atoms with Gasteiger partial charge in [-0.25, -0.2) is 0 Å². The van der Waals surface area contributed by atoms with Gasteiger partial charge in [0.1, 0.15) is 0 Å². The van der Waals surface area contributed by atoms with Gasteiger partial charge in [-0.2, -0.15) is 0 Å². The minimum Gasteiger partial charge on any atom is -0.392 e. The first-order chi connectivity index (χ1) is 10.6. The van der Waals surface area contributed by atoms with E-state index in [2.05, 4.69) is 5.32 Å². The van der Waals surface area contributed by atoms with Crippen LogP contribution in [-0.4, -0.2) is 17.8 Å². The SMILES string of the molecule is CC12CCC(C(=O)Nc3ccc(Cl)cc3)(C(=O)OC1=O)C2(C)C. The standard InChI is InChI=1S/C17H18ClNO4/c1-15(2)16(3)8-9-17(15,14(22)23-13(16)21)12(20)19-11-6-4-10(18)5-7-11/h4-7H,8-9H2,1-3H3,(H,19,20). The number of nitrogens with one attached hydrogen (secondary N) is 1. The quantitative estimate of drug-likeness (QED) is 0.665. The van der Waals surface area contributed by atoms with Crippen LogP contribution in [0, 0.1) is 16.2 Å². The highest BCUT2D eigenvalue weighted by atomic mass is 35.5. The first-order valence-electron chi connectivity index (χ1n) is 7.49. The Morgan fingerprint density at radius 3 is 2.30 bits per heavy atom. The van der Waals surface area contributed by atoms with Gasteiger partial charge in [0, 0.05) is 16.1 Å². The van der Waals surface area contributed by atoms with Crippen LogP contribution in [-0.2, 0) is 19.1 Å². The van der Waals surface area contributed by atoms with E-state index in [1.165, 1.54) is 0 Å². The molecule has 1 aromatic carbocycles. The number of rotatable bonds is 2. The molecule has 1 saturated carbocycles. The molecule has 1 aliphatic carbocycles. The van der Waals surface area contributed by atoms with Gasteiger partial charge in [0.2, 0.25) is 5.91 Å². The molecule has 0 spiro atoms. The maximum atomic E-state index is 13.0. The number of esters is 2. The van der Waals surface area contributed by atoms with Gasteiger partial charge in [-0.15, -0.1) is 0 Å². The Kier molecular flexibility index (Phi) is 3.34. The number of halogens is 1. The summed E-state index contributed by atoms with van der Waals surface area (Å²) in [6, 6.07) is 6.64. The number of hydrogen-bond acceptors (Lipinski definition) is 4. The smallest absolute Gasteiger partial charge is 0.329 e. The molecule has 1 amide bonds. The van der Waals surface area contributed by atoms with E-state index in [-0.39, 0.29) is 0 Å². The van der Waals surface area contributed by atoms with E-state index in [9.17, 15) is 14.4 Å². The molecular formula is C17H18ClNO4.